The molecule has 0 unspecified atom stereocenters. The molecule has 86 valence electrons. The molecule has 4 nitrogen and oxygen atoms in total. The molecule has 0 atom stereocenters. The summed E-state index contributed by atoms with van der Waals surface area (Å²) in [6.45, 7) is 0.698. The number of nitrogens with zero attached hydrogens (tertiary/aromatic N) is 4. The van der Waals surface area contributed by atoms with E-state index in [2.05, 4.69) is 9.97 Å². The lowest BCUT2D eigenvalue weighted by molar-refractivity contribution is 0.741. The smallest absolute Gasteiger partial charge is 0.137 e. The molecule has 0 aromatic carbocycles. The fraction of sp³-hybridized carbons (Fsp3) is 0.167. The van der Waals surface area contributed by atoms with Crippen molar-refractivity contribution in [2.45, 2.75) is 12.4 Å². The van der Waals surface area contributed by atoms with Crippen molar-refractivity contribution < 1.29 is 0 Å². The zero-order valence-electron chi connectivity index (χ0n) is 9.12. The molecule has 0 saturated carbocycles. The van der Waals surface area contributed by atoms with Gasteiger partial charge in [0.1, 0.15) is 11.5 Å². The first-order valence-corrected chi connectivity index (χ1v) is 5.89. The number of pyridine rings is 1. The van der Waals surface area contributed by atoms with Crippen molar-refractivity contribution in [2.75, 3.05) is 0 Å². The van der Waals surface area contributed by atoms with Crippen LogP contribution in [0.4, 0.5) is 0 Å². The fourth-order valence-electron chi connectivity index (χ4n) is 1.85. The van der Waals surface area contributed by atoms with Crippen molar-refractivity contribution >= 4 is 17.2 Å². The first kappa shape index (κ1) is 10.4. The number of rotatable bonds is 3. The Balaban J connectivity index is 1.94. The minimum Gasteiger partial charge on any atom is -0.328 e. The zero-order valence-corrected chi connectivity index (χ0v) is 9.88. The lowest BCUT2D eigenvalue weighted by Gasteiger charge is -2.02. The van der Waals surface area contributed by atoms with Gasteiger partial charge in [0.05, 0.1) is 18.1 Å². The van der Waals surface area contributed by atoms with Gasteiger partial charge in [-0.15, -0.1) is 11.6 Å². The molecule has 3 aromatic rings. The summed E-state index contributed by atoms with van der Waals surface area (Å²) >= 11 is 5.81. The van der Waals surface area contributed by atoms with Crippen LogP contribution in [0.3, 0.4) is 0 Å². The Kier molecular flexibility index (Phi) is 2.57. The number of aromatic nitrogens is 4. The summed E-state index contributed by atoms with van der Waals surface area (Å²) < 4.78 is 4.02. The molecule has 0 amide bonds. The van der Waals surface area contributed by atoms with Crippen molar-refractivity contribution in [3.63, 3.8) is 0 Å². The van der Waals surface area contributed by atoms with Gasteiger partial charge in [0, 0.05) is 24.8 Å². The lowest BCUT2D eigenvalue weighted by Crippen LogP contribution is -2.02. The molecule has 0 N–H and O–H groups in total. The van der Waals surface area contributed by atoms with E-state index in [4.69, 9.17) is 11.6 Å². The van der Waals surface area contributed by atoms with Crippen molar-refractivity contribution in [1.82, 2.24) is 18.9 Å². The lowest BCUT2D eigenvalue weighted by atomic mass is 10.4. The minimum atomic E-state index is 0.417. The van der Waals surface area contributed by atoms with Crippen LogP contribution in [0, 0.1) is 0 Å². The average molecular weight is 247 g/mol. The zero-order chi connectivity index (χ0) is 11.7. The first-order valence-electron chi connectivity index (χ1n) is 5.35. The second-order valence-electron chi connectivity index (χ2n) is 3.80. The number of hydrogen-bond acceptors (Lipinski definition) is 2. The van der Waals surface area contributed by atoms with E-state index in [1.54, 1.807) is 6.20 Å². The second kappa shape index (κ2) is 4.22. The number of imidazole rings is 2. The topological polar surface area (TPSA) is 35.1 Å². The van der Waals surface area contributed by atoms with E-state index in [0.717, 1.165) is 17.2 Å². The number of alkyl halides is 1. The highest BCUT2D eigenvalue weighted by atomic mass is 35.5. The van der Waals surface area contributed by atoms with Crippen molar-refractivity contribution in [2.24, 2.45) is 0 Å². The van der Waals surface area contributed by atoms with Crippen molar-refractivity contribution in [3.8, 4) is 0 Å². The highest BCUT2D eigenvalue weighted by Gasteiger charge is 2.05. The molecule has 0 spiro atoms. The molecule has 0 aliphatic rings. The van der Waals surface area contributed by atoms with E-state index in [1.165, 1.54) is 0 Å². The van der Waals surface area contributed by atoms with E-state index >= 15 is 0 Å². The summed E-state index contributed by atoms with van der Waals surface area (Å²) in [5.74, 6) is 1.28. The van der Waals surface area contributed by atoms with E-state index < -0.39 is 0 Å². The van der Waals surface area contributed by atoms with Crippen LogP contribution >= 0.6 is 11.6 Å². The molecule has 0 aliphatic carbocycles. The van der Waals surface area contributed by atoms with Crippen molar-refractivity contribution in [3.05, 3.63) is 54.5 Å². The normalized spacial score (nSPS) is 11.1. The average Bonchev–Trinajstić information content (AvgIpc) is 2.94. The van der Waals surface area contributed by atoms with Crippen LogP contribution in [0.1, 0.15) is 11.5 Å². The number of hydrogen-bond donors (Lipinski definition) is 0. The van der Waals surface area contributed by atoms with Crippen LogP contribution in [-0.2, 0) is 12.4 Å². The van der Waals surface area contributed by atoms with Crippen LogP contribution in [-0.4, -0.2) is 18.9 Å². The Morgan fingerprint density at radius 2 is 2.18 bits per heavy atom. The van der Waals surface area contributed by atoms with Gasteiger partial charge in [0.25, 0.3) is 0 Å². The minimum absolute atomic E-state index is 0.417. The summed E-state index contributed by atoms with van der Waals surface area (Å²) in [7, 11) is 0. The maximum atomic E-state index is 5.81. The molecule has 0 fully saturated rings. The van der Waals surface area contributed by atoms with Gasteiger partial charge in [-0.1, -0.05) is 6.07 Å². The Bertz CT molecular complexity index is 608. The van der Waals surface area contributed by atoms with Crippen LogP contribution in [0.25, 0.3) is 5.65 Å². The Morgan fingerprint density at radius 3 is 3.00 bits per heavy atom. The van der Waals surface area contributed by atoms with Gasteiger partial charge in [-0.25, -0.2) is 9.97 Å². The third-order valence-corrected chi connectivity index (χ3v) is 2.91. The summed E-state index contributed by atoms with van der Waals surface area (Å²) in [4.78, 5) is 8.72. The van der Waals surface area contributed by atoms with Gasteiger partial charge in [-0.05, 0) is 12.1 Å². The summed E-state index contributed by atoms with van der Waals surface area (Å²) in [5.41, 5.74) is 1.95. The second-order valence-corrected chi connectivity index (χ2v) is 4.07. The Labute approximate surface area is 103 Å². The van der Waals surface area contributed by atoms with Gasteiger partial charge in [-0.2, -0.15) is 0 Å². The first-order chi connectivity index (χ1) is 8.36. The third-order valence-electron chi connectivity index (χ3n) is 2.67. The molecule has 0 radical (unpaired) electrons. The molecular formula is C12H11ClN4. The molecule has 0 saturated heterocycles. The maximum Gasteiger partial charge on any atom is 0.137 e. The SMILES string of the molecule is ClCc1nccn1Cc1cn2ccccc2n1. The molecule has 3 aromatic heterocycles. The highest BCUT2D eigenvalue weighted by Crippen LogP contribution is 2.09. The van der Waals surface area contributed by atoms with Gasteiger partial charge >= 0.3 is 0 Å². The van der Waals surface area contributed by atoms with Gasteiger partial charge in [0.15, 0.2) is 0 Å². The fourth-order valence-corrected chi connectivity index (χ4v) is 2.08. The van der Waals surface area contributed by atoms with Crippen molar-refractivity contribution in [1.29, 1.82) is 0 Å². The van der Waals surface area contributed by atoms with Crippen LogP contribution in [0.5, 0.6) is 0 Å². The monoisotopic (exact) mass is 246 g/mol. The standard InChI is InChI=1S/C12H11ClN4/c13-7-12-14-4-6-17(12)9-10-8-16-5-2-1-3-11(16)15-10/h1-6,8H,7,9H2. The quantitative estimate of drug-likeness (QED) is 0.665. The van der Waals surface area contributed by atoms with Crippen LogP contribution in [0.2, 0.25) is 0 Å². The Hall–Kier alpha value is -1.81. The van der Waals surface area contributed by atoms with E-state index in [-0.39, 0.29) is 0 Å². The third kappa shape index (κ3) is 1.91. The molecular weight excluding hydrogens is 236 g/mol. The van der Waals surface area contributed by atoms with Gasteiger partial charge in [-0.3, -0.25) is 0 Å². The highest BCUT2D eigenvalue weighted by molar-refractivity contribution is 6.16. The molecule has 5 heteroatoms. The summed E-state index contributed by atoms with van der Waals surface area (Å²) in [6, 6.07) is 5.95. The predicted molar refractivity (Wildman–Crippen MR) is 66.1 cm³/mol. The summed E-state index contributed by atoms with van der Waals surface area (Å²) in [5, 5.41) is 0. The molecule has 3 heterocycles. The van der Waals surface area contributed by atoms with Crippen LogP contribution in [0.15, 0.2) is 43.0 Å². The largest absolute Gasteiger partial charge is 0.328 e. The summed E-state index contributed by atoms with van der Waals surface area (Å²) in [6.07, 6.45) is 7.69. The van der Waals surface area contributed by atoms with Crippen LogP contribution < -0.4 is 0 Å². The maximum absolute atomic E-state index is 5.81. The predicted octanol–water partition coefficient (Wildman–Crippen LogP) is 2.32. The Morgan fingerprint density at radius 1 is 1.24 bits per heavy atom. The molecule has 0 bridgehead atoms. The number of fused-ring (bicyclic) bond motifs is 1. The van der Waals surface area contributed by atoms with Gasteiger partial charge < -0.3 is 8.97 Å². The molecule has 0 aliphatic heterocycles. The van der Waals surface area contributed by atoms with E-state index in [1.807, 2.05) is 45.8 Å². The molecule has 3 rings (SSSR count). The van der Waals surface area contributed by atoms with E-state index in [0.29, 0.717) is 12.4 Å². The number of halogens is 1. The van der Waals surface area contributed by atoms with Gasteiger partial charge in [0.2, 0.25) is 0 Å². The van der Waals surface area contributed by atoms with E-state index in [9.17, 15) is 0 Å². The molecule has 17 heavy (non-hydrogen) atoms.